The highest BCUT2D eigenvalue weighted by Crippen LogP contribution is 2.32. The van der Waals surface area contributed by atoms with E-state index in [4.69, 9.17) is 5.11 Å². The molecule has 1 aromatic heterocycles. The Morgan fingerprint density at radius 3 is 2.28 bits per heavy atom. The molecule has 0 bridgehead atoms. The second kappa shape index (κ2) is 11.3. The van der Waals surface area contributed by atoms with Crippen molar-refractivity contribution in [2.75, 3.05) is 11.9 Å². The summed E-state index contributed by atoms with van der Waals surface area (Å²) in [5, 5.41) is 18.7. The Kier molecular flexibility index (Phi) is 8.39. The van der Waals surface area contributed by atoms with Crippen molar-refractivity contribution in [3.05, 3.63) is 76.6 Å². The van der Waals surface area contributed by atoms with Crippen LogP contribution in [0.15, 0.2) is 48.8 Å². The monoisotopic (exact) mass is 502 g/mol. The normalized spacial score (nSPS) is 12.3. The SMILES string of the molecule is CCC[C@@H](Nc1cc(C)c(-n2cc(C(F)(F)F)cn2)c(C)c1)c1ccc(C(=O)NCCC(=O)O)cc1. The number of nitrogens with one attached hydrogen (secondary N) is 2. The van der Waals surface area contributed by atoms with E-state index in [0.717, 1.165) is 47.6 Å². The lowest BCUT2D eigenvalue weighted by molar-refractivity contribution is -0.138. The van der Waals surface area contributed by atoms with Crippen LogP contribution in [-0.4, -0.2) is 33.3 Å². The van der Waals surface area contributed by atoms with Crippen molar-refractivity contribution in [2.24, 2.45) is 0 Å². The van der Waals surface area contributed by atoms with Gasteiger partial charge in [0.2, 0.25) is 0 Å². The molecule has 0 aliphatic carbocycles. The van der Waals surface area contributed by atoms with Crippen molar-refractivity contribution in [1.82, 2.24) is 15.1 Å². The molecule has 192 valence electrons. The molecule has 0 fully saturated rings. The third-order valence-electron chi connectivity index (χ3n) is 5.75. The van der Waals surface area contributed by atoms with Gasteiger partial charge in [0.1, 0.15) is 0 Å². The molecule has 1 atom stereocenters. The van der Waals surface area contributed by atoms with E-state index < -0.39 is 17.7 Å². The summed E-state index contributed by atoms with van der Waals surface area (Å²) >= 11 is 0. The molecule has 0 aliphatic heterocycles. The first-order valence-electron chi connectivity index (χ1n) is 11.6. The fourth-order valence-corrected chi connectivity index (χ4v) is 4.06. The molecule has 1 heterocycles. The number of benzene rings is 2. The predicted octanol–water partition coefficient (Wildman–Crippen LogP) is 5.67. The number of carboxylic acid groups (broad SMARTS) is 1. The molecule has 3 rings (SSSR count). The summed E-state index contributed by atoms with van der Waals surface area (Å²) in [4.78, 5) is 22.8. The first-order valence-corrected chi connectivity index (χ1v) is 11.6. The quantitative estimate of drug-likeness (QED) is 0.332. The van der Waals surface area contributed by atoms with Crippen LogP contribution in [0.2, 0.25) is 0 Å². The van der Waals surface area contributed by atoms with Crippen molar-refractivity contribution in [1.29, 1.82) is 0 Å². The van der Waals surface area contributed by atoms with Gasteiger partial charge in [-0.1, -0.05) is 25.5 Å². The highest BCUT2D eigenvalue weighted by molar-refractivity contribution is 5.94. The first kappa shape index (κ1) is 26.8. The first-order chi connectivity index (χ1) is 17.0. The van der Waals surface area contributed by atoms with Gasteiger partial charge in [0, 0.05) is 24.0 Å². The number of alkyl halides is 3. The summed E-state index contributed by atoms with van der Waals surface area (Å²) < 4.78 is 40.3. The molecular formula is C26H29F3N4O3. The third kappa shape index (κ3) is 6.65. The fourth-order valence-electron chi connectivity index (χ4n) is 4.06. The van der Waals surface area contributed by atoms with Crippen molar-refractivity contribution < 1.29 is 27.9 Å². The van der Waals surface area contributed by atoms with Crippen LogP contribution in [0, 0.1) is 13.8 Å². The van der Waals surface area contributed by atoms with E-state index in [2.05, 4.69) is 22.7 Å². The Bertz CT molecular complexity index is 1200. The van der Waals surface area contributed by atoms with Crippen molar-refractivity contribution in [3.63, 3.8) is 0 Å². The van der Waals surface area contributed by atoms with E-state index in [9.17, 15) is 22.8 Å². The number of carbonyl (C=O) groups excluding carboxylic acids is 1. The summed E-state index contributed by atoms with van der Waals surface area (Å²) in [7, 11) is 0. The number of hydrogen-bond donors (Lipinski definition) is 3. The molecule has 3 N–H and O–H groups in total. The fraction of sp³-hybridized carbons (Fsp3) is 0.346. The summed E-state index contributed by atoms with van der Waals surface area (Å²) in [5.74, 6) is -1.31. The van der Waals surface area contributed by atoms with Gasteiger partial charge >= 0.3 is 12.1 Å². The Hall–Kier alpha value is -3.82. The number of nitrogens with zero attached hydrogens (tertiary/aromatic N) is 2. The lowest BCUT2D eigenvalue weighted by Crippen LogP contribution is -2.26. The minimum absolute atomic E-state index is 0.0506. The summed E-state index contributed by atoms with van der Waals surface area (Å²) in [6.07, 6.45) is -1.08. The number of aromatic nitrogens is 2. The number of halogens is 3. The molecule has 0 spiro atoms. The molecular weight excluding hydrogens is 473 g/mol. The molecule has 0 aliphatic rings. The molecule has 3 aromatic rings. The van der Waals surface area contributed by atoms with Gasteiger partial charge < -0.3 is 15.7 Å². The highest BCUT2D eigenvalue weighted by Gasteiger charge is 2.32. The Morgan fingerprint density at radius 2 is 1.75 bits per heavy atom. The summed E-state index contributed by atoms with van der Waals surface area (Å²) in [6.45, 7) is 5.78. The van der Waals surface area contributed by atoms with Gasteiger partial charge in [-0.05, 0) is 61.2 Å². The topological polar surface area (TPSA) is 96.3 Å². The highest BCUT2D eigenvalue weighted by atomic mass is 19.4. The lowest BCUT2D eigenvalue weighted by Gasteiger charge is -2.22. The van der Waals surface area contributed by atoms with Crippen LogP contribution in [-0.2, 0) is 11.0 Å². The van der Waals surface area contributed by atoms with Gasteiger partial charge in [-0.2, -0.15) is 18.3 Å². The van der Waals surface area contributed by atoms with E-state index in [1.54, 1.807) is 12.1 Å². The van der Waals surface area contributed by atoms with Gasteiger partial charge in [0.25, 0.3) is 5.91 Å². The van der Waals surface area contributed by atoms with Crippen molar-refractivity contribution in [3.8, 4) is 5.69 Å². The number of hydrogen-bond acceptors (Lipinski definition) is 4. The van der Waals surface area contributed by atoms with E-state index in [-0.39, 0.29) is 24.9 Å². The van der Waals surface area contributed by atoms with E-state index in [1.165, 1.54) is 4.68 Å². The average Bonchev–Trinajstić information content (AvgIpc) is 3.28. The molecule has 0 saturated carbocycles. The predicted molar refractivity (Wildman–Crippen MR) is 130 cm³/mol. The van der Waals surface area contributed by atoms with E-state index >= 15 is 0 Å². The number of aryl methyl sites for hydroxylation is 2. The van der Waals surface area contributed by atoms with Crippen molar-refractivity contribution >= 4 is 17.6 Å². The Labute approximate surface area is 207 Å². The maximum atomic E-state index is 13.0. The lowest BCUT2D eigenvalue weighted by atomic mass is 9.99. The van der Waals surface area contributed by atoms with E-state index in [1.807, 2.05) is 38.1 Å². The molecule has 10 heteroatoms. The third-order valence-corrected chi connectivity index (χ3v) is 5.75. The van der Waals surface area contributed by atoms with Gasteiger partial charge in [0.15, 0.2) is 0 Å². The van der Waals surface area contributed by atoms with E-state index in [0.29, 0.717) is 11.3 Å². The second-order valence-electron chi connectivity index (χ2n) is 8.64. The minimum atomic E-state index is -4.45. The van der Waals surface area contributed by atoms with Crippen LogP contribution >= 0.6 is 0 Å². The number of anilines is 1. The van der Waals surface area contributed by atoms with Gasteiger partial charge in [0.05, 0.1) is 29.9 Å². The minimum Gasteiger partial charge on any atom is -0.481 e. The zero-order chi connectivity index (χ0) is 26.5. The zero-order valence-electron chi connectivity index (χ0n) is 20.3. The van der Waals surface area contributed by atoms with Crippen LogP contribution in [0.4, 0.5) is 18.9 Å². The molecule has 36 heavy (non-hydrogen) atoms. The zero-order valence-corrected chi connectivity index (χ0v) is 20.3. The molecule has 0 saturated heterocycles. The van der Waals surface area contributed by atoms with Crippen molar-refractivity contribution in [2.45, 2.75) is 52.3 Å². The van der Waals surface area contributed by atoms with Gasteiger partial charge in [-0.25, -0.2) is 4.68 Å². The Balaban J connectivity index is 1.77. The summed E-state index contributed by atoms with van der Waals surface area (Å²) in [6, 6.07) is 10.8. The molecule has 1 amide bonds. The van der Waals surface area contributed by atoms with Gasteiger partial charge in [-0.3, -0.25) is 9.59 Å². The number of carbonyl (C=O) groups is 2. The Morgan fingerprint density at radius 1 is 1.11 bits per heavy atom. The van der Waals surface area contributed by atoms with Crippen LogP contribution in [0.5, 0.6) is 0 Å². The van der Waals surface area contributed by atoms with Crippen LogP contribution in [0.25, 0.3) is 5.69 Å². The van der Waals surface area contributed by atoms with Gasteiger partial charge in [-0.15, -0.1) is 0 Å². The van der Waals surface area contributed by atoms with Crippen LogP contribution in [0.1, 0.15) is 64.8 Å². The standard InChI is InChI=1S/C26H29F3N4O3/c1-4-5-22(18-6-8-19(9-7-18)25(36)30-11-10-23(34)35)32-21-12-16(2)24(17(3)13-21)33-15-20(14-31-33)26(27,28)29/h6-9,12-15,22,32H,4-5,10-11H2,1-3H3,(H,30,36)(H,34,35)/t22-/m1/s1. The molecule has 2 aromatic carbocycles. The smallest absolute Gasteiger partial charge is 0.419 e. The molecule has 0 unspecified atom stereocenters. The summed E-state index contributed by atoms with van der Waals surface area (Å²) in [5.41, 5.74) is 3.58. The molecule has 7 nitrogen and oxygen atoms in total. The molecule has 0 radical (unpaired) electrons. The van der Waals surface area contributed by atoms with Crippen LogP contribution in [0.3, 0.4) is 0 Å². The maximum absolute atomic E-state index is 13.0. The second-order valence-corrected chi connectivity index (χ2v) is 8.64. The largest absolute Gasteiger partial charge is 0.481 e. The number of amides is 1. The number of aliphatic carboxylic acids is 1. The maximum Gasteiger partial charge on any atom is 0.419 e. The number of rotatable bonds is 10. The number of carboxylic acids is 1. The average molecular weight is 503 g/mol. The van der Waals surface area contributed by atoms with Crippen LogP contribution < -0.4 is 10.6 Å².